The van der Waals surface area contributed by atoms with E-state index < -0.39 is 9.84 Å². The Hall–Kier alpha value is -2.11. The smallest absolute Gasteiger partial charge is 0.176 e. The van der Waals surface area contributed by atoms with E-state index in [0.29, 0.717) is 4.90 Å². The molecule has 0 atom stereocenters. The van der Waals surface area contributed by atoms with Crippen molar-refractivity contribution < 1.29 is 13.2 Å². The lowest BCUT2D eigenvalue weighted by atomic mass is 10.0. The standard InChI is InChI=1S/C18H16O3S2/c1-21-16-9-5-3-8-15(16)18-14(11-12-22-18)13-7-4-6-10-17(13)23(2,19)20/h3-12H,1-2H3. The molecule has 0 saturated heterocycles. The van der Waals surface area contributed by atoms with Gasteiger partial charge in [0.2, 0.25) is 0 Å². The molecule has 0 radical (unpaired) electrons. The third-order valence-corrected chi connectivity index (χ3v) is 5.70. The number of rotatable bonds is 4. The van der Waals surface area contributed by atoms with Gasteiger partial charge in [-0.25, -0.2) is 8.42 Å². The molecule has 0 amide bonds. The third kappa shape index (κ3) is 3.02. The minimum atomic E-state index is -3.30. The first-order chi connectivity index (χ1) is 11.0. The zero-order valence-electron chi connectivity index (χ0n) is 12.8. The number of para-hydroxylation sites is 1. The van der Waals surface area contributed by atoms with Crippen molar-refractivity contribution in [1.29, 1.82) is 0 Å². The Bertz CT molecular complexity index is 940. The van der Waals surface area contributed by atoms with Crippen LogP contribution in [0, 0.1) is 0 Å². The molecule has 0 spiro atoms. The van der Waals surface area contributed by atoms with Crippen LogP contribution in [0.2, 0.25) is 0 Å². The van der Waals surface area contributed by atoms with Crippen LogP contribution in [0.25, 0.3) is 21.6 Å². The summed E-state index contributed by atoms with van der Waals surface area (Å²) < 4.78 is 29.6. The Labute approximate surface area is 140 Å². The topological polar surface area (TPSA) is 43.4 Å². The summed E-state index contributed by atoms with van der Waals surface area (Å²) in [6.45, 7) is 0. The van der Waals surface area contributed by atoms with Crippen LogP contribution in [-0.2, 0) is 9.84 Å². The van der Waals surface area contributed by atoms with E-state index >= 15 is 0 Å². The maximum absolute atomic E-state index is 12.1. The highest BCUT2D eigenvalue weighted by Crippen LogP contribution is 2.42. The SMILES string of the molecule is COc1ccccc1-c1sccc1-c1ccccc1S(C)(=O)=O. The van der Waals surface area contributed by atoms with Crippen LogP contribution in [0.15, 0.2) is 64.9 Å². The second-order valence-electron chi connectivity index (χ2n) is 5.13. The summed E-state index contributed by atoms with van der Waals surface area (Å²) in [5.74, 6) is 0.771. The predicted molar refractivity (Wildman–Crippen MR) is 94.9 cm³/mol. The normalized spacial score (nSPS) is 11.4. The maximum atomic E-state index is 12.1. The molecule has 118 valence electrons. The second-order valence-corrected chi connectivity index (χ2v) is 8.03. The van der Waals surface area contributed by atoms with Crippen molar-refractivity contribution in [3.05, 3.63) is 60.0 Å². The summed E-state index contributed by atoms with van der Waals surface area (Å²) in [7, 11) is -1.67. The zero-order chi connectivity index (χ0) is 16.4. The molecular weight excluding hydrogens is 328 g/mol. The van der Waals surface area contributed by atoms with E-state index in [4.69, 9.17) is 4.74 Å². The fraction of sp³-hybridized carbons (Fsp3) is 0.111. The second kappa shape index (κ2) is 6.18. The first-order valence-electron chi connectivity index (χ1n) is 7.02. The highest BCUT2D eigenvalue weighted by atomic mass is 32.2. The fourth-order valence-corrected chi connectivity index (χ4v) is 4.42. The van der Waals surface area contributed by atoms with Gasteiger partial charge in [0.15, 0.2) is 9.84 Å². The van der Waals surface area contributed by atoms with Crippen molar-refractivity contribution in [1.82, 2.24) is 0 Å². The van der Waals surface area contributed by atoms with Crippen LogP contribution in [-0.4, -0.2) is 21.8 Å². The van der Waals surface area contributed by atoms with Gasteiger partial charge in [-0.05, 0) is 29.6 Å². The van der Waals surface area contributed by atoms with Crippen molar-refractivity contribution >= 4 is 21.2 Å². The van der Waals surface area contributed by atoms with E-state index in [9.17, 15) is 8.42 Å². The quantitative estimate of drug-likeness (QED) is 0.700. The van der Waals surface area contributed by atoms with Gasteiger partial charge in [-0.15, -0.1) is 11.3 Å². The average Bonchev–Trinajstić information content (AvgIpc) is 3.03. The summed E-state index contributed by atoms with van der Waals surface area (Å²) >= 11 is 1.57. The van der Waals surface area contributed by atoms with E-state index in [1.165, 1.54) is 6.26 Å². The van der Waals surface area contributed by atoms with E-state index in [1.54, 1.807) is 30.6 Å². The van der Waals surface area contributed by atoms with Crippen molar-refractivity contribution in [2.24, 2.45) is 0 Å². The first kappa shape index (κ1) is 15.8. The van der Waals surface area contributed by atoms with Gasteiger partial charge in [0, 0.05) is 27.8 Å². The summed E-state index contributed by atoms with van der Waals surface area (Å²) in [6, 6.07) is 16.8. The summed E-state index contributed by atoms with van der Waals surface area (Å²) in [6.07, 6.45) is 1.24. The summed E-state index contributed by atoms with van der Waals surface area (Å²) in [4.78, 5) is 1.34. The molecule has 2 aromatic carbocycles. The van der Waals surface area contributed by atoms with Crippen molar-refractivity contribution in [3.8, 4) is 27.3 Å². The molecule has 0 aliphatic rings. The predicted octanol–water partition coefficient (Wildman–Crippen LogP) is 4.49. The van der Waals surface area contributed by atoms with E-state index in [2.05, 4.69) is 0 Å². The Morgan fingerprint density at radius 2 is 1.52 bits per heavy atom. The molecule has 0 saturated carbocycles. The van der Waals surface area contributed by atoms with Crippen molar-refractivity contribution in [2.45, 2.75) is 4.90 Å². The fourth-order valence-electron chi connectivity index (χ4n) is 2.57. The molecule has 0 unspecified atom stereocenters. The van der Waals surface area contributed by atoms with Crippen LogP contribution < -0.4 is 4.74 Å². The van der Waals surface area contributed by atoms with Crippen molar-refractivity contribution in [2.75, 3.05) is 13.4 Å². The highest BCUT2D eigenvalue weighted by Gasteiger charge is 2.19. The van der Waals surface area contributed by atoms with E-state index in [1.807, 2.05) is 47.8 Å². The van der Waals surface area contributed by atoms with Gasteiger partial charge < -0.3 is 4.74 Å². The lowest BCUT2D eigenvalue weighted by molar-refractivity contribution is 0.416. The molecule has 1 heterocycles. The van der Waals surface area contributed by atoms with Gasteiger partial charge in [0.05, 0.1) is 12.0 Å². The monoisotopic (exact) mass is 344 g/mol. The van der Waals surface area contributed by atoms with Crippen LogP contribution in [0.3, 0.4) is 0 Å². The Morgan fingerprint density at radius 1 is 0.870 bits per heavy atom. The van der Waals surface area contributed by atoms with Gasteiger partial charge in [-0.3, -0.25) is 0 Å². The molecule has 3 nitrogen and oxygen atoms in total. The molecule has 5 heteroatoms. The first-order valence-corrected chi connectivity index (χ1v) is 9.80. The molecule has 0 fully saturated rings. The van der Waals surface area contributed by atoms with Gasteiger partial charge in [-0.2, -0.15) is 0 Å². The molecule has 0 bridgehead atoms. The van der Waals surface area contributed by atoms with Crippen LogP contribution >= 0.6 is 11.3 Å². The maximum Gasteiger partial charge on any atom is 0.176 e. The largest absolute Gasteiger partial charge is 0.496 e. The number of benzene rings is 2. The van der Waals surface area contributed by atoms with Crippen LogP contribution in [0.1, 0.15) is 0 Å². The number of ether oxygens (including phenoxy) is 1. The molecule has 3 aromatic rings. The number of hydrogen-bond acceptors (Lipinski definition) is 4. The number of methoxy groups -OCH3 is 1. The highest BCUT2D eigenvalue weighted by molar-refractivity contribution is 7.90. The molecule has 0 aliphatic carbocycles. The lowest BCUT2D eigenvalue weighted by Crippen LogP contribution is -1.99. The molecule has 23 heavy (non-hydrogen) atoms. The Kier molecular flexibility index (Phi) is 4.24. The lowest BCUT2D eigenvalue weighted by Gasteiger charge is -2.11. The minimum absolute atomic E-state index is 0.342. The third-order valence-electron chi connectivity index (χ3n) is 3.59. The summed E-state index contributed by atoms with van der Waals surface area (Å²) in [5.41, 5.74) is 2.58. The Morgan fingerprint density at radius 3 is 2.22 bits per heavy atom. The van der Waals surface area contributed by atoms with Crippen LogP contribution in [0.4, 0.5) is 0 Å². The molecule has 0 aliphatic heterocycles. The van der Waals surface area contributed by atoms with Gasteiger partial charge in [0.1, 0.15) is 5.75 Å². The summed E-state index contributed by atoms with van der Waals surface area (Å²) in [5, 5.41) is 1.97. The van der Waals surface area contributed by atoms with Gasteiger partial charge >= 0.3 is 0 Å². The molecular formula is C18H16O3S2. The van der Waals surface area contributed by atoms with Gasteiger partial charge in [0.25, 0.3) is 0 Å². The average molecular weight is 344 g/mol. The van der Waals surface area contributed by atoms with E-state index in [0.717, 1.165) is 27.3 Å². The molecule has 0 N–H and O–H groups in total. The van der Waals surface area contributed by atoms with E-state index in [-0.39, 0.29) is 0 Å². The number of sulfone groups is 1. The number of hydrogen-bond donors (Lipinski definition) is 0. The minimum Gasteiger partial charge on any atom is -0.496 e. The zero-order valence-corrected chi connectivity index (χ0v) is 14.4. The number of thiophene rings is 1. The Balaban J connectivity index is 2.25. The molecule has 3 rings (SSSR count). The molecule has 1 aromatic heterocycles. The van der Waals surface area contributed by atoms with Crippen molar-refractivity contribution in [3.63, 3.8) is 0 Å². The van der Waals surface area contributed by atoms with Crippen LogP contribution in [0.5, 0.6) is 5.75 Å². The van der Waals surface area contributed by atoms with Gasteiger partial charge in [-0.1, -0.05) is 30.3 Å².